The number of methoxy groups -OCH3 is 1. The Kier molecular flexibility index (Phi) is 10.7. The Balaban J connectivity index is 2.05. The molecule has 0 saturated heterocycles. The van der Waals surface area contributed by atoms with Gasteiger partial charge in [-0.3, -0.25) is 9.59 Å². The Bertz CT molecular complexity index is 966. The molecule has 4 N–H and O–H groups in total. The normalized spacial score (nSPS) is 21.9. The number of nitrogens with zero attached hydrogens (tertiary/aromatic N) is 1. The van der Waals surface area contributed by atoms with Crippen LogP contribution in [0.4, 0.5) is 0 Å². The Labute approximate surface area is 218 Å². The topological polar surface area (TPSA) is 138 Å². The van der Waals surface area contributed by atoms with Gasteiger partial charge in [0.2, 0.25) is 11.8 Å². The molecule has 0 fully saturated rings. The maximum atomic E-state index is 13.3. The molecular weight excluding hydrogens is 480 g/mol. The predicted octanol–water partition coefficient (Wildman–Crippen LogP) is 1.26. The fourth-order valence-electron chi connectivity index (χ4n) is 5.04. The van der Waals surface area contributed by atoms with Crippen molar-refractivity contribution in [2.45, 2.75) is 70.3 Å². The Morgan fingerprint density at radius 1 is 1.16 bits per heavy atom. The fourth-order valence-corrected chi connectivity index (χ4v) is 5.04. The van der Waals surface area contributed by atoms with Gasteiger partial charge in [-0.15, -0.1) is 0 Å². The van der Waals surface area contributed by atoms with Crippen LogP contribution in [0.5, 0.6) is 11.5 Å². The summed E-state index contributed by atoms with van der Waals surface area (Å²) in [6.45, 7) is 4.15. The van der Waals surface area contributed by atoms with Crippen LogP contribution in [0.25, 0.3) is 0 Å². The summed E-state index contributed by atoms with van der Waals surface area (Å²) in [5.41, 5.74) is 1.52. The van der Waals surface area contributed by atoms with E-state index in [1.807, 2.05) is 0 Å². The van der Waals surface area contributed by atoms with Gasteiger partial charge in [-0.2, -0.15) is 0 Å². The van der Waals surface area contributed by atoms with Crippen molar-refractivity contribution in [2.24, 2.45) is 0 Å². The van der Waals surface area contributed by atoms with Crippen LogP contribution in [-0.2, 0) is 20.9 Å². The molecule has 0 spiro atoms. The number of carbonyl (C=O) groups excluding carboxylic acids is 2. The largest absolute Gasteiger partial charge is 0.493 e. The summed E-state index contributed by atoms with van der Waals surface area (Å²) in [4.78, 5) is 28.1. The Hall–Kier alpha value is -2.66. The molecule has 3 rings (SSSR count). The van der Waals surface area contributed by atoms with Crippen LogP contribution in [-0.4, -0.2) is 90.3 Å². The quantitative estimate of drug-likeness (QED) is 0.269. The monoisotopic (exact) mass is 520 g/mol. The zero-order valence-electron chi connectivity index (χ0n) is 21.9. The lowest BCUT2D eigenvalue weighted by atomic mass is 9.77. The van der Waals surface area contributed by atoms with E-state index in [4.69, 9.17) is 14.2 Å². The molecule has 37 heavy (non-hydrogen) atoms. The number of hydrogen-bond donors (Lipinski definition) is 4. The first-order chi connectivity index (χ1) is 17.9. The number of ether oxygens (including phenoxy) is 3. The van der Waals surface area contributed by atoms with Crippen LogP contribution < -0.4 is 14.8 Å². The minimum absolute atomic E-state index is 0.0541. The lowest BCUT2D eigenvalue weighted by Gasteiger charge is -2.40. The SMILES string of the molecule is CCCCCCN(C(=O)COCC)[C@@H]1C=C(C(=O)NCCO)[C@@H]2c3cc(CO)cc(OC)c3O[C@@H]2[C@H]1O. The Morgan fingerprint density at radius 3 is 2.59 bits per heavy atom. The minimum atomic E-state index is -1.13. The van der Waals surface area contributed by atoms with Gasteiger partial charge in [-0.05, 0) is 37.1 Å². The van der Waals surface area contributed by atoms with E-state index in [0.717, 1.165) is 25.7 Å². The molecular formula is C27H40N2O8. The third-order valence-electron chi connectivity index (χ3n) is 6.86. The third kappa shape index (κ3) is 6.43. The second-order valence-corrected chi connectivity index (χ2v) is 9.30. The molecule has 10 nitrogen and oxygen atoms in total. The molecule has 0 aromatic heterocycles. The van der Waals surface area contributed by atoms with Gasteiger partial charge in [0.1, 0.15) is 18.8 Å². The first kappa shape index (κ1) is 28.9. The van der Waals surface area contributed by atoms with E-state index in [9.17, 15) is 24.9 Å². The minimum Gasteiger partial charge on any atom is -0.493 e. The van der Waals surface area contributed by atoms with Gasteiger partial charge in [-0.1, -0.05) is 26.2 Å². The van der Waals surface area contributed by atoms with Gasteiger partial charge in [0.05, 0.1) is 32.3 Å². The Morgan fingerprint density at radius 2 is 1.95 bits per heavy atom. The number of amides is 2. The van der Waals surface area contributed by atoms with Crippen LogP contribution in [0.15, 0.2) is 23.8 Å². The van der Waals surface area contributed by atoms with Crippen molar-refractivity contribution in [3.05, 3.63) is 34.9 Å². The molecule has 0 bridgehead atoms. The standard InChI is InChI=1S/C27H40N2O8/c1-4-6-7-8-10-29(22(32)16-36-5-2)20-14-19(27(34)28-9-11-30)23-18-12-17(15-31)13-21(35-3)25(18)37-26(23)24(20)33/h12-14,20,23-24,26,30-31,33H,4-11,15-16H2,1-3H3,(H,28,34)/t20-,23+,24+,26+/m1/s1. The first-order valence-corrected chi connectivity index (χ1v) is 13.1. The van der Waals surface area contributed by atoms with E-state index in [-0.39, 0.29) is 32.3 Å². The lowest BCUT2D eigenvalue weighted by molar-refractivity contribution is -0.141. The second kappa shape index (κ2) is 13.8. The second-order valence-electron chi connectivity index (χ2n) is 9.30. The lowest BCUT2D eigenvalue weighted by Crippen LogP contribution is -2.56. The highest BCUT2D eigenvalue weighted by Gasteiger charge is 2.51. The van der Waals surface area contributed by atoms with Crippen LogP contribution in [0.1, 0.15) is 56.6 Å². The van der Waals surface area contributed by atoms with E-state index < -0.39 is 30.1 Å². The highest BCUT2D eigenvalue weighted by Crippen LogP contribution is 2.51. The van der Waals surface area contributed by atoms with E-state index >= 15 is 0 Å². The van der Waals surface area contributed by atoms with Crippen molar-refractivity contribution in [3.63, 3.8) is 0 Å². The number of rotatable bonds is 14. The van der Waals surface area contributed by atoms with Gasteiger partial charge in [0, 0.05) is 30.8 Å². The third-order valence-corrected chi connectivity index (χ3v) is 6.86. The number of benzene rings is 1. The van der Waals surface area contributed by atoms with Crippen LogP contribution in [0.3, 0.4) is 0 Å². The summed E-state index contributed by atoms with van der Waals surface area (Å²) in [5.74, 6) is -0.565. The highest BCUT2D eigenvalue weighted by atomic mass is 16.5. The van der Waals surface area contributed by atoms with E-state index in [0.29, 0.717) is 41.4 Å². The van der Waals surface area contributed by atoms with E-state index in [1.165, 1.54) is 7.11 Å². The zero-order chi connectivity index (χ0) is 26.9. The molecule has 0 unspecified atom stereocenters. The molecule has 1 aromatic rings. The summed E-state index contributed by atoms with van der Waals surface area (Å²) in [5, 5.41) is 33.3. The van der Waals surface area contributed by atoms with Gasteiger partial charge < -0.3 is 39.7 Å². The number of hydrogen-bond acceptors (Lipinski definition) is 8. The molecule has 206 valence electrons. The average molecular weight is 521 g/mol. The van der Waals surface area contributed by atoms with Gasteiger partial charge in [0.25, 0.3) is 0 Å². The predicted molar refractivity (Wildman–Crippen MR) is 136 cm³/mol. The molecule has 2 amide bonds. The number of fused-ring (bicyclic) bond motifs is 3. The summed E-state index contributed by atoms with van der Waals surface area (Å²) < 4.78 is 17.1. The molecule has 1 aliphatic heterocycles. The van der Waals surface area contributed by atoms with Crippen molar-refractivity contribution < 1.29 is 39.1 Å². The molecule has 1 aliphatic carbocycles. The van der Waals surface area contributed by atoms with Crippen LogP contribution in [0, 0.1) is 0 Å². The van der Waals surface area contributed by atoms with Crippen molar-refractivity contribution in [1.29, 1.82) is 0 Å². The average Bonchev–Trinajstić information content (AvgIpc) is 3.30. The summed E-state index contributed by atoms with van der Waals surface area (Å²) in [6.07, 6.45) is 3.39. The molecule has 1 aromatic carbocycles. The smallest absolute Gasteiger partial charge is 0.249 e. The van der Waals surface area contributed by atoms with Crippen LogP contribution >= 0.6 is 0 Å². The first-order valence-electron chi connectivity index (χ1n) is 13.1. The van der Waals surface area contributed by atoms with E-state index in [2.05, 4.69) is 12.2 Å². The molecule has 1 heterocycles. The number of carbonyl (C=O) groups is 2. The molecule has 2 aliphatic rings. The highest BCUT2D eigenvalue weighted by molar-refractivity contribution is 5.96. The maximum Gasteiger partial charge on any atom is 0.249 e. The molecule has 4 atom stereocenters. The fraction of sp³-hybridized carbons (Fsp3) is 0.630. The van der Waals surface area contributed by atoms with Gasteiger partial charge in [-0.25, -0.2) is 0 Å². The number of unbranched alkanes of at least 4 members (excludes halogenated alkanes) is 3. The van der Waals surface area contributed by atoms with Crippen molar-refractivity contribution in [1.82, 2.24) is 10.2 Å². The van der Waals surface area contributed by atoms with E-state index in [1.54, 1.807) is 30.0 Å². The molecule has 0 radical (unpaired) electrons. The van der Waals surface area contributed by atoms with Crippen molar-refractivity contribution >= 4 is 11.8 Å². The van der Waals surface area contributed by atoms with Crippen LogP contribution in [0.2, 0.25) is 0 Å². The summed E-state index contributed by atoms with van der Waals surface area (Å²) in [6, 6.07) is 2.58. The maximum absolute atomic E-state index is 13.3. The number of nitrogens with one attached hydrogen (secondary N) is 1. The number of aliphatic hydroxyl groups is 3. The van der Waals surface area contributed by atoms with Crippen molar-refractivity contribution in [3.8, 4) is 11.5 Å². The molecule has 10 heteroatoms. The number of aliphatic hydroxyl groups excluding tert-OH is 3. The summed E-state index contributed by atoms with van der Waals surface area (Å²) in [7, 11) is 1.48. The van der Waals surface area contributed by atoms with Gasteiger partial charge >= 0.3 is 0 Å². The zero-order valence-corrected chi connectivity index (χ0v) is 21.9. The molecule has 0 saturated carbocycles. The van der Waals surface area contributed by atoms with Crippen molar-refractivity contribution in [2.75, 3.05) is 40.0 Å². The summed E-state index contributed by atoms with van der Waals surface area (Å²) >= 11 is 0. The van der Waals surface area contributed by atoms with Gasteiger partial charge in [0.15, 0.2) is 11.5 Å².